The standard InChI is InChI=1S/C9H15N3O2/c1-2-13-8-3-7(4-8)10-5-9-11-6-14-12-9/h6-8,10H,2-5H2,1H3. The van der Waals surface area contributed by atoms with E-state index in [1.807, 2.05) is 6.92 Å². The molecular weight excluding hydrogens is 182 g/mol. The lowest BCUT2D eigenvalue weighted by Crippen LogP contribution is -2.45. The first-order valence-electron chi connectivity index (χ1n) is 4.98. The van der Waals surface area contributed by atoms with Crippen molar-refractivity contribution < 1.29 is 9.26 Å². The largest absolute Gasteiger partial charge is 0.378 e. The molecule has 78 valence electrons. The van der Waals surface area contributed by atoms with Crippen LogP contribution in [0.15, 0.2) is 10.9 Å². The van der Waals surface area contributed by atoms with Crippen LogP contribution in [0.3, 0.4) is 0 Å². The van der Waals surface area contributed by atoms with Crippen molar-refractivity contribution in [2.24, 2.45) is 0 Å². The van der Waals surface area contributed by atoms with Crippen LogP contribution in [-0.2, 0) is 11.3 Å². The highest BCUT2D eigenvalue weighted by Gasteiger charge is 2.28. The Balaban J connectivity index is 1.61. The number of nitrogens with zero attached hydrogens (tertiary/aromatic N) is 2. The average molecular weight is 197 g/mol. The van der Waals surface area contributed by atoms with Crippen molar-refractivity contribution in [3.8, 4) is 0 Å². The molecule has 0 unspecified atom stereocenters. The molecule has 2 rings (SSSR count). The first-order valence-corrected chi connectivity index (χ1v) is 4.98. The number of aromatic nitrogens is 2. The molecule has 14 heavy (non-hydrogen) atoms. The molecule has 0 bridgehead atoms. The van der Waals surface area contributed by atoms with Crippen molar-refractivity contribution in [2.75, 3.05) is 6.61 Å². The summed E-state index contributed by atoms with van der Waals surface area (Å²) < 4.78 is 10.1. The van der Waals surface area contributed by atoms with Gasteiger partial charge in [0, 0.05) is 12.6 Å². The van der Waals surface area contributed by atoms with Crippen LogP contribution in [0, 0.1) is 0 Å². The Morgan fingerprint density at radius 1 is 1.64 bits per heavy atom. The van der Waals surface area contributed by atoms with Gasteiger partial charge in [-0.25, -0.2) is 0 Å². The highest BCUT2D eigenvalue weighted by Crippen LogP contribution is 2.23. The molecule has 0 saturated heterocycles. The Morgan fingerprint density at radius 2 is 2.50 bits per heavy atom. The van der Waals surface area contributed by atoms with Gasteiger partial charge in [-0.2, -0.15) is 4.98 Å². The smallest absolute Gasteiger partial charge is 0.213 e. The summed E-state index contributed by atoms with van der Waals surface area (Å²) in [6, 6.07) is 0.546. The molecule has 0 radical (unpaired) electrons. The second-order valence-corrected chi connectivity index (χ2v) is 3.47. The van der Waals surface area contributed by atoms with Gasteiger partial charge < -0.3 is 14.6 Å². The summed E-state index contributed by atoms with van der Waals surface area (Å²) in [6.07, 6.45) is 3.97. The van der Waals surface area contributed by atoms with Crippen LogP contribution in [-0.4, -0.2) is 28.9 Å². The van der Waals surface area contributed by atoms with Gasteiger partial charge in [0.1, 0.15) is 0 Å². The lowest BCUT2D eigenvalue weighted by atomic mass is 9.89. The number of nitrogens with one attached hydrogen (secondary N) is 1. The third-order valence-corrected chi connectivity index (χ3v) is 2.45. The fourth-order valence-corrected chi connectivity index (χ4v) is 1.61. The van der Waals surface area contributed by atoms with E-state index in [4.69, 9.17) is 4.74 Å². The Kier molecular flexibility index (Phi) is 3.10. The monoisotopic (exact) mass is 197 g/mol. The molecule has 1 aliphatic carbocycles. The van der Waals surface area contributed by atoms with E-state index in [1.165, 1.54) is 6.39 Å². The minimum absolute atomic E-state index is 0.447. The van der Waals surface area contributed by atoms with Gasteiger partial charge in [-0.05, 0) is 19.8 Å². The lowest BCUT2D eigenvalue weighted by molar-refractivity contribution is -0.0104. The zero-order valence-electron chi connectivity index (χ0n) is 8.27. The summed E-state index contributed by atoms with van der Waals surface area (Å²) in [7, 11) is 0. The second kappa shape index (κ2) is 4.52. The minimum atomic E-state index is 0.447. The van der Waals surface area contributed by atoms with E-state index in [0.29, 0.717) is 24.5 Å². The van der Waals surface area contributed by atoms with Gasteiger partial charge in [0.2, 0.25) is 6.39 Å². The van der Waals surface area contributed by atoms with Crippen LogP contribution in [0.5, 0.6) is 0 Å². The molecule has 0 amide bonds. The number of hydrogen-bond acceptors (Lipinski definition) is 5. The second-order valence-electron chi connectivity index (χ2n) is 3.47. The molecule has 1 heterocycles. The van der Waals surface area contributed by atoms with Gasteiger partial charge in [-0.15, -0.1) is 0 Å². The predicted octanol–water partition coefficient (Wildman–Crippen LogP) is 0.727. The topological polar surface area (TPSA) is 60.2 Å². The lowest BCUT2D eigenvalue weighted by Gasteiger charge is -2.35. The molecule has 1 aromatic rings. The van der Waals surface area contributed by atoms with Gasteiger partial charge in [-0.3, -0.25) is 0 Å². The molecule has 0 aromatic carbocycles. The normalized spacial score (nSPS) is 26.1. The summed E-state index contributed by atoms with van der Waals surface area (Å²) in [5, 5.41) is 7.07. The third-order valence-electron chi connectivity index (χ3n) is 2.45. The summed E-state index contributed by atoms with van der Waals surface area (Å²) in [5.41, 5.74) is 0. The van der Waals surface area contributed by atoms with E-state index < -0.39 is 0 Å². The first kappa shape index (κ1) is 9.61. The Labute approximate surface area is 82.8 Å². The van der Waals surface area contributed by atoms with Crippen molar-refractivity contribution in [2.45, 2.75) is 38.5 Å². The van der Waals surface area contributed by atoms with Gasteiger partial charge in [0.25, 0.3) is 0 Å². The molecule has 0 atom stereocenters. The Morgan fingerprint density at radius 3 is 3.14 bits per heavy atom. The Bertz CT molecular complexity index is 257. The molecule has 5 heteroatoms. The summed E-state index contributed by atoms with van der Waals surface area (Å²) in [5.74, 6) is 0.713. The Hall–Kier alpha value is -0.940. The predicted molar refractivity (Wildman–Crippen MR) is 49.6 cm³/mol. The van der Waals surface area contributed by atoms with Crippen LogP contribution in [0.25, 0.3) is 0 Å². The van der Waals surface area contributed by atoms with Crippen molar-refractivity contribution in [3.63, 3.8) is 0 Å². The molecule has 0 spiro atoms. The molecule has 1 aliphatic rings. The van der Waals surface area contributed by atoms with Crippen molar-refractivity contribution in [3.05, 3.63) is 12.2 Å². The maximum Gasteiger partial charge on any atom is 0.213 e. The number of ether oxygens (including phenoxy) is 1. The highest BCUT2D eigenvalue weighted by molar-refractivity contribution is 4.88. The maximum atomic E-state index is 5.46. The van der Waals surface area contributed by atoms with Crippen molar-refractivity contribution in [1.82, 2.24) is 15.5 Å². The van der Waals surface area contributed by atoms with Crippen molar-refractivity contribution >= 4 is 0 Å². The summed E-state index contributed by atoms with van der Waals surface area (Å²) >= 11 is 0. The zero-order valence-corrected chi connectivity index (χ0v) is 8.27. The number of rotatable bonds is 5. The fraction of sp³-hybridized carbons (Fsp3) is 0.778. The summed E-state index contributed by atoms with van der Waals surface area (Å²) in [4.78, 5) is 3.93. The quantitative estimate of drug-likeness (QED) is 0.754. The van der Waals surface area contributed by atoms with E-state index in [0.717, 1.165) is 19.4 Å². The van der Waals surface area contributed by atoms with Gasteiger partial charge in [0.05, 0.1) is 12.6 Å². The number of hydrogen-bond donors (Lipinski definition) is 1. The zero-order chi connectivity index (χ0) is 9.80. The minimum Gasteiger partial charge on any atom is -0.378 e. The van der Waals surface area contributed by atoms with E-state index in [2.05, 4.69) is 20.0 Å². The van der Waals surface area contributed by atoms with E-state index >= 15 is 0 Å². The molecule has 1 fully saturated rings. The molecule has 1 aromatic heterocycles. The van der Waals surface area contributed by atoms with Crippen LogP contribution < -0.4 is 5.32 Å². The average Bonchev–Trinajstić information content (AvgIpc) is 2.61. The van der Waals surface area contributed by atoms with Crippen LogP contribution >= 0.6 is 0 Å². The third kappa shape index (κ3) is 2.30. The van der Waals surface area contributed by atoms with E-state index in [9.17, 15) is 0 Å². The van der Waals surface area contributed by atoms with E-state index in [-0.39, 0.29) is 0 Å². The van der Waals surface area contributed by atoms with Gasteiger partial charge in [0.15, 0.2) is 5.82 Å². The van der Waals surface area contributed by atoms with Crippen LogP contribution in [0.1, 0.15) is 25.6 Å². The SMILES string of the molecule is CCOC1CC(NCc2ncon2)C1. The maximum absolute atomic E-state index is 5.46. The first-order chi connectivity index (χ1) is 6.88. The fourth-order valence-electron chi connectivity index (χ4n) is 1.61. The molecule has 1 saturated carbocycles. The van der Waals surface area contributed by atoms with Crippen LogP contribution in [0.4, 0.5) is 0 Å². The molecule has 0 aliphatic heterocycles. The molecular formula is C9H15N3O2. The highest BCUT2D eigenvalue weighted by atomic mass is 16.5. The summed E-state index contributed by atoms with van der Waals surface area (Å²) in [6.45, 7) is 3.52. The van der Waals surface area contributed by atoms with Crippen molar-refractivity contribution in [1.29, 1.82) is 0 Å². The van der Waals surface area contributed by atoms with Gasteiger partial charge >= 0.3 is 0 Å². The van der Waals surface area contributed by atoms with Crippen LogP contribution in [0.2, 0.25) is 0 Å². The molecule has 1 N–H and O–H groups in total. The van der Waals surface area contributed by atoms with Gasteiger partial charge in [-0.1, -0.05) is 5.16 Å². The van der Waals surface area contributed by atoms with E-state index in [1.54, 1.807) is 0 Å². The molecule has 5 nitrogen and oxygen atoms in total.